The number of aromatic nitrogens is 2. The number of nitrogens with zero attached hydrogens (tertiary/aromatic N) is 2. The number of rotatable bonds is 7. The van der Waals surface area contributed by atoms with Gasteiger partial charge in [-0.3, -0.25) is 0 Å². The molecule has 2 atom stereocenters. The fraction of sp³-hybridized carbons (Fsp3) is 0.0667. The normalized spacial score (nSPS) is 13.9. The van der Waals surface area contributed by atoms with Crippen molar-refractivity contribution in [1.82, 2.24) is 7.94 Å². The van der Waals surface area contributed by atoms with Gasteiger partial charge in [-0.2, -0.15) is 0 Å². The van der Waals surface area contributed by atoms with E-state index in [1.54, 1.807) is 84.9 Å². The lowest BCUT2D eigenvalue weighted by Gasteiger charge is -2.17. The number of hydrogen-bond donors (Lipinski definition) is 2. The third-order valence-corrected chi connectivity index (χ3v) is 10.3. The summed E-state index contributed by atoms with van der Waals surface area (Å²) in [5.41, 5.74) is 1.04. The van der Waals surface area contributed by atoms with Crippen molar-refractivity contribution >= 4 is 41.9 Å². The largest absolute Gasteiger partial charge is 0.385 e. The van der Waals surface area contributed by atoms with E-state index >= 15 is 0 Å². The van der Waals surface area contributed by atoms with E-state index in [9.17, 15) is 27.0 Å². The van der Waals surface area contributed by atoms with Gasteiger partial charge in [0.15, 0.2) is 0 Å². The molecule has 0 bridgehead atoms. The van der Waals surface area contributed by atoms with Gasteiger partial charge in [0.2, 0.25) is 0 Å². The molecule has 0 saturated heterocycles. The monoisotopic (exact) mass is 572 g/mol. The van der Waals surface area contributed by atoms with Crippen LogP contribution in [0.2, 0.25) is 0 Å². The highest BCUT2D eigenvalue weighted by atomic mass is 32.2. The predicted octanol–water partition coefficient (Wildman–Crippen LogP) is 4.84. The van der Waals surface area contributed by atoms with E-state index in [0.29, 0.717) is 21.8 Å². The van der Waals surface area contributed by atoms with E-state index in [0.717, 1.165) is 7.94 Å². The Balaban J connectivity index is 1.48. The minimum Gasteiger partial charge on any atom is -0.385 e. The van der Waals surface area contributed by atoms with Crippen LogP contribution in [0.4, 0.5) is 0 Å². The van der Waals surface area contributed by atoms with Gasteiger partial charge in [0.1, 0.15) is 12.2 Å². The molecule has 0 aliphatic carbocycles. The van der Waals surface area contributed by atoms with Crippen molar-refractivity contribution < 1.29 is 27.0 Å². The highest BCUT2D eigenvalue weighted by molar-refractivity contribution is 7.90. The average Bonchev–Trinajstić information content (AvgIpc) is 3.58. The number of aliphatic hydroxyl groups excluding tert-OH is 2. The van der Waals surface area contributed by atoms with E-state index in [1.165, 1.54) is 36.7 Å². The van der Waals surface area contributed by atoms with Gasteiger partial charge in [-0.25, -0.2) is 24.8 Å². The highest BCUT2D eigenvalue weighted by Crippen LogP contribution is 2.39. The quantitative estimate of drug-likeness (QED) is 0.283. The summed E-state index contributed by atoms with van der Waals surface area (Å²) in [5.74, 6) is 0. The zero-order chi connectivity index (χ0) is 28.1. The Labute approximate surface area is 231 Å². The second-order valence-corrected chi connectivity index (χ2v) is 13.0. The topological polar surface area (TPSA) is 119 Å². The van der Waals surface area contributed by atoms with E-state index in [-0.39, 0.29) is 20.9 Å². The van der Waals surface area contributed by atoms with Crippen molar-refractivity contribution in [3.63, 3.8) is 0 Å². The van der Waals surface area contributed by atoms with Gasteiger partial charge in [0.05, 0.1) is 20.8 Å². The van der Waals surface area contributed by atoms with E-state index in [2.05, 4.69) is 0 Å². The van der Waals surface area contributed by atoms with Gasteiger partial charge in [-0.15, -0.1) is 0 Å². The van der Waals surface area contributed by atoms with Gasteiger partial charge in [-0.1, -0.05) is 72.8 Å². The lowest BCUT2D eigenvalue weighted by atomic mass is 9.97. The maximum Gasteiger partial charge on any atom is 0.268 e. The fourth-order valence-corrected chi connectivity index (χ4v) is 7.77. The van der Waals surface area contributed by atoms with Crippen LogP contribution in [0.25, 0.3) is 21.8 Å². The molecule has 0 radical (unpaired) electrons. The van der Waals surface area contributed by atoms with E-state index in [4.69, 9.17) is 0 Å². The lowest BCUT2D eigenvalue weighted by molar-refractivity contribution is 0.0190. The number of benzene rings is 4. The fourth-order valence-electron chi connectivity index (χ4n) is 4.97. The molecule has 2 aromatic heterocycles. The SMILES string of the molecule is O=S(=O)(c1ccccc1)n1cc(C(O)C(O)c2cn(S(=O)(=O)c3ccccc3)c3ccccc23)c2ccccc21. The Morgan fingerprint density at radius 3 is 1.18 bits per heavy atom. The first-order valence-corrected chi connectivity index (χ1v) is 15.3. The molecule has 0 fully saturated rings. The Bertz CT molecular complexity index is 1920. The molecule has 10 heteroatoms. The summed E-state index contributed by atoms with van der Waals surface area (Å²) in [6.07, 6.45) is -0.534. The molecule has 2 heterocycles. The minimum absolute atomic E-state index is 0.0755. The van der Waals surface area contributed by atoms with Crippen molar-refractivity contribution in [2.24, 2.45) is 0 Å². The van der Waals surface area contributed by atoms with E-state index in [1.807, 2.05) is 0 Å². The second-order valence-electron chi connectivity index (χ2n) is 9.32. The zero-order valence-corrected chi connectivity index (χ0v) is 22.6. The molecular weight excluding hydrogens is 548 g/mol. The summed E-state index contributed by atoms with van der Waals surface area (Å²) < 4.78 is 56.2. The van der Waals surface area contributed by atoms with Gasteiger partial charge >= 0.3 is 0 Å². The van der Waals surface area contributed by atoms with Crippen molar-refractivity contribution in [1.29, 1.82) is 0 Å². The number of para-hydroxylation sites is 2. The standard InChI is InChI=1S/C30H24N2O6S2/c33-29(25-19-31(27-17-9-7-15-23(25)27)39(35,36)21-11-3-1-4-12-21)30(34)26-20-32(28-18-10-8-16-24(26)28)40(37,38)22-13-5-2-6-14-22/h1-20,29-30,33-34H. The molecule has 0 aliphatic heterocycles. The van der Waals surface area contributed by atoms with Crippen LogP contribution in [0.5, 0.6) is 0 Å². The molecule has 4 aromatic carbocycles. The smallest absolute Gasteiger partial charge is 0.268 e. The van der Waals surface area contributed by atoms with Crippen LogP contribution < -0.4 is 0 Å². The number of fused-ring (bicyclic) bond motifs is 2. The van der Waals surface area contributed by atoms with Crippen LogP contribution in [0.1, 0.15) is 23.3 Å². The molecule has 6 rings (SSSR count). The van der Waals surface area contributed by atoms with Gasteiger partial charge < -0.3 is 10.2 Å². The van der Waals surface area contributed by atoms with Crippen LogP contribution in [0.15, 0.2) is 131 Å². The molecule has 2 unspecified atom stereocenters. The third kappa shape index (κ3) is 4.13. The maximum atomic E-state index is 13.5. The maximum absolute atomic E-state index is 13.5. The molecule has 0 amide bonds. The molecule has 0 spiro atoms. The summed E-state index contributed by atoms with van der Waals surface area (Å²) in [5, 5.41) is 23.8. The van der Waals surface area contributed by atoms with Gasteiger partial charge in [0.25, 0.3) is 20.0 Å². The molecule has 0 saturated carbocycles. The van der Waals surface area contributed by atoms with Gasteiger partial charge in [-0.05, 0) is 36.4 Å². The molecular formula is C30H24N2O6S2. The van der Waals surface area contributed by atoms with Crippen LogP contribution in [0, 0.1) is 0 Å². The van der Waals surface area contributed by atoms with Crippen LogP contribution >= 0.6 is 0 Å². The molecule has 202 valence electrons. The summed E-state index contributed by atoms with van der Waals surface area (Å²) in [6.45, 7) is 0. The van der Waals surface area contributed by atoms with Crippen LogP contribution in [-0.4, -0.2) is 35.0 Å². The Morgan fingerprint density at radius 2 is 0.800 bits per heavy atom. The lowest BCUT2D eigenvalue weighted by Crippen LogP contribution is -2.13. The van der Waals surface area contributed by atoms with Crippen molar-refractivity contribution in [3.05, 3.63) is 133 Å². The molecule has 0 aliphatic rings. The van der Waals surface area contributed by atoms with Crippen molar-refractivity contribution in [2.75, 3.05) is 0 Å². The molecule has 6 aromatic rings. The Hall–Kier alpha value is -4.22. The highest BCUT2D eigenvalue weighted by Gasteiger charge is 2.31. The number of aliphatic hydroxyl groups is 2. The summed E-state index contributed by atoms with van der Waals surface area (Å²) in [4.78, 5) is 0.151. The first-order chi connectivity index (χ1) is 19.2. The summed E-state index contributed by atoms with van der Waals surface area (Å²) in [6, 6.07) is 29.2. The summed E-state index contributed by atoms with van der Waals surface area (Å²) >= 11 is 0. The van der Waals surface area contributed by atoms with Gasteiger partial charge in [0, 0.05) is 34.3 Å². The first-order valence-electron chi connectivity index (χ1n) is 12.4. The predicted molar refractivity (Wildman–Crippen MR) is 152 cm³/mol. The third-order valence-electron chi connectivity index (χ3n) is 6.95. The average molecular weight is 573 g/mol. The van der Waals surface area contributed by atoms with Crippen molar-refractivity contribution in [3.8, 4) is 0 Å². The molecule has 2 N–H and O–H groups in total. The van der Waals surface area contributed by atoms with E-state index < -0.39 is 32.3 Å². The second kappa shape index (κ2) is 9.76. The van der Waals surface area contributed by atoms with Crippen LogP contribution in [-0.2, 0) is 20.0 Å². The minimum atomic E-state index is -4.01. The van der Waals surface area contributed by atoms with Crippen molar-refractivity contribution in [2.45, 2.75) is 22.0 Å². The molecule has 8 nitrogen and oxygen atoms in total. The number of hydrogen-bond acceptors (Lipinski definition) is 6. The Kier molecular flexibility index (Phi) is 6.35. The zero-order valence-electron chi connectivity index (χ0n) is 20.9. The first kappa shape index (κ1) is 26.0. The molecule has 40 heavy (non-hydrogen) atoms. The van der Waals surface area contributed by atoms with Crippen LogP contribution in [0.3, 0.4) is 0 Å². The Morgan fingerprint density at radius 1 is 0.475 bits per heavy atom. The summed E-state index contributed by atoms with van der Waals surface area (Å²) in [7, 11) is -8.02.